The first-order valence-electron chi connectivity index (χ1n) is 5.47. The van der Waals surface area contributed by atoms with Crippen molar-refractivity contribution in [2.24, 2.45) is 5.92 Å². The minimum absolute atomic E-state index is 0.262. The number of hydrogen-bond acceptors (Lipinski definition) is 4. The molecule has 4 nitrogen and oxygen atoms in total. The minimum Gasteiger partial charge on any atom is -0.480 e. The summed E-state index contributed by atoms with van der Waals surface area (Å²) in [6.07, 6.45) is 2.55. The Morgan fingerprint density at radius 2 is 2.24 bits per heavy atom. The molecule has 0 bridgehead atoms. The van der Waals surface area contributed by atoms with Crippen LogP contribution in [0, 0.1) is 5.92 Å². The Morgan fingerprint density at radius 3 is 2.76 bits per heavy atom. The maximum Gasteiger partial charge on any atom is 0.232 e. The van der Waals surface area contributed by atoms with Crippen LogP contribution in [0.5, 0.6) is 5.88 Å². The molecule has 96 valence electrons. The smallest absolute Gasteiger partial charge is 0.232 e. The van der Waals surface area contributed by atoms with Gasteiger partial charge in [-0.25, -0.2) is 4.98 Å². The van der Waals surface area contributed by atoms with E-state index in [1.807, 2.05) is 0 Å². The Kier molecular flexibility index (Phi) is 5.98. The van der Waals surface area contributed by atoms with Crippen LogP contribution in [-0.4, -0.2) is 29.0 Å². The van der Waals surface area contributed by atoms with Crippen LogP contribution in [0.4, 0.5) is 5.95 Å². The quantitative estimate of drug-likeness (QED) is 0.816. The van der Waals surface area contributed by atoms with Gasteiger partial charge in [-0.3, -0.25) is 0 Å². The molecule has 1 rings (SSSR count). The fourth-order valence-electron chi connectivity index (χ4n) is 1.42. The van der Waals surface area contributed by atoms with Gasteiger partial charge in [-0.2, -0.15) is 4.98 Å². The van der Waals surface area contributed by atoms with E-state index in [1.54, 1.807) is 13.3 Å². The van der Waals surface area contributed by atoms with Crippen molar-refractivity contribution >= 4 is 33.5 Å². The van der Waals surface area contributed by atoms with Gasteiger partial charge < -0.3 is 10.1 Å². The number of halogens is 2. The molecule has 0 saturated carbocycles. The van der Waals surface area contributed by atoms with Crippen molar-refractivity contribution < 1.29 is 4.74 Å². The minimum atomic E-state index is 0.262. The van der Waals surface area contributed by atoms with Gasteiger partial charge in [0.05, 0.1) is 17.8 Å². The zero-order valence-electron chi connectivity index (χ0n) is 10.2. The zero-order chi connectivity index (χ0) is 12.8. The van der Waals surface area contributed by atoms with E-state index in [4.69, 9.17) is 16.3 Å². The summed E-state index contributed by atoms with van der Waals surface area (Å²) in [5, 5.41) is 3.27. The van der Waals surface area contributed by atoms with Crippen LogP contribution in [0.15, 0.2) is 10.7 Å². The molecule has 0 spiro atoms. The fraction of sp³-hybridized carbons (Fsp3) is 0.636. The molecule has 1 N–H and O–H groups in total. The highest BCUT2D eigenvalue weighted by Gasteiger charge is 2.14. The second kappa shape index (κ2) is 7.01. The van der Waals surface area contributed by atoms with E-state index >= 15 is 0 Å². The van der Waals surface area contributed by atoms with Crippen molar-refractivity contribution in [2.75, 3.05) is 18.3 Å². The molecule has 0 radical (unpaired) electrons. The number of nitrogens with one attached hydrogen (secondary N) is 1. The molecule has 1 aromatic heterocycles. The molecule has 1 unspecified atom stereocenters. The average Bonchev–Trinajstić information content (AvgIpc) is 2.30. The van der Waals surface area contributed by atoms with E-state index in [-0.39, 0.29) is 6.04 Å². The van der Waals surface area contributed by atoms with E-state index in [0.29, 0.717) is 23.6 Å². The average molecular weight is 323 g/mol. The molecule has 0 fully saturated rings. The first kappa shape index (κ1) is 14.5. The van der Waals surface area contributed by atoms with E-state index in [1.165, 1.54) is 0 Å². The van der Waals surface area contributed by atoms with Gasteiger partial charge in [0.1, 0.15) is 0 Å². The third kappa shape index (κ3) is 4.32. The van der Waals surface area contributed by atoms with Gasteiger partial charge in [0, 0.05) is 11.9 Å². The molecule has 0 aliphatic carbocycles. The fourth-order valence-corrected chi connectivity index (χ4v) is 2.01. The van der Waals surface area contributed by atoms with Crippen LogP contribution in [-0.2, 0) is 0 Å². The molecule has 6 heteroatoms. The highest BCUT2D eigenvalue weighted by Crippen LogP contribution is 2.23. The molecule has 1 heterocycles. The number of hydrogen-bond donors (Lipinski definition) is 1. The number of methoxy groups -OCH3 is 1. The lowest BCUT2D eigenvalue weighted by Crippen LogP contribution is -2.27. The number of rotatable bonds is 6. The molecule has 0 aromatic carbocycles. The molecule has 0 aliphatic rings. The Balaban J connectivity index is 2.78. The van der Waals surface area contributed by atoms with Crippen LogP contribution in [0.3, 0.4) is 0 Å². The molecule has 0 aliphatic heterocycles. The van der Waals surface area contributed by atoms with Crippen molar-refractivity contribution in [3.63, 3.8) is 0 Å². The van der Waals surface area contributed by atoms with Gasteiger partial charge >= 0.3 is 0 Å². The Labute approximate surface area is 115 Å². The van der Waals surface area contributed by atoms with Crippen LogP contribution in [0.2, 0.25) is 0 Å². The van der Waals surface area contributed by atoms with Gasteiger partial charge in [0.25, 0.3) is 0 Å². The lowest BCUT2D eigenvalue weighted by atomic mass is 10.0. The molecular formula is C11H17BrClN3O. The topological polar surface area (TPSA) is 47.0 Å². The molecule has 0 amide bonds. The third-order valence-corrected chi connectivity index (χ3v) is 3.21. The maximum absolute atomic E-state index is 5.78. The van der Waals surface area contributed by atoms with Gasteiger partial charge in [-0.1, -0.05) is 13.8 Å². The Morgan fingerprint density at radius 1 is 1.53 bits per heavy atom. The van der Waals surface area contributed by atoms with Crippen molar-refractivity contribution in [3.05, 3.63) is 10.7 Å². The van der Waals surface area contributed by atoms with E-state index in [0.717, 1.165) is 10.9 Å². The molecule has 1 aromatic rings. The predicted octanol–water partition coefficient (Wildman–Crippen LogP) is 3.31. The van der Waals surface area contributed by atoms with Gasteiger partial charge in [-0.15, -0.1) is 11.6 Å². The number of aromatic nitrogens is 2. The van der Waals surface area contributed by atoms with Gasteiger partial charge in [-0.05, 0) is 28.3 Å². The lowest BCUT2D eigenvalue weighted by Gasteiger charge is -2.21. The maximum atomic E-state index is 5.78. The number of nitrogens with zero attached hydrogens (tertiary/aromatic N) is 2. The number of ether oxygens (including phenoxy) is 1. The van der Waals surface area contributed by atoms with Crippen LogP contribution in [0.1, 0.15) is 20.3 Å². The van der Waals surface area contributed by atoms with Gasteiger partial charge in [0.2, 0.25) is 11.8 Å². The third-order valence-electron chi connectivity index (χ3n) is 2.44. The van der Waals surface area contributed by atoms with Crippen LogP contribution < -0.4 is 10.1 Å². The highest BCUT2D eigenvalue weighted by molar-refractivity contribution is 9.10. The Bertz CT molecular complexity index is 363. The van der Waals surface area contributed by atoms with Crippen molar-refractivity contribution in [1.82, 2.24) is 9.97 Å². The van der Waals surface area contributed by atoms with E-state index in [9.17, 15) is 0 Å². The second-order valence-corrected chi connectivity index (χ2v) is 5.26. The van der Waals surface area contributed by atoms with E-state index < -0.39 is 0 Å². The zero-order valence-corrected chi connectivity index (χ0v) is 12.5. The monoisotopic (exact) mass is 321 g/mol. The lowest BCUT2D eigenvalue weighted by molar-refractivity contribution is 0.394. The molecular weight excluding hydrogens is 305 g/mol. The summed E-state index contributed by atoms with van der Waals surface area (Å²) in [4.78, 5) is 8.46. The summed E-state index contributed by atoms with van der Waals surface area (Å²) in [5.74, 6) is 2.17. The first-order chi connectivity index (χ1) is 8.08. The van der Waals surface area contributed by atoms with Crippen molar-refractivity contribution in [2.45, 2.75) is 26.3 Å². The standard InChI is InChI=1S/C11H17BrClN3O/c1-7(2)9(4-5-13)15-11-14-6-8(12)10(16-11)17-3/h6-7,9H,4-5H2,1-3H3,(H,14,15,16). The largest absolute Gasteiger partial charge is 0.480 e. The summed E-state index contributed by atoms with van der Waals surface area (Å²) in [5.41, 5.74) is 0. The molecule has 17 heavy (non-hydrogen) atoms. The number of alkyl halides is 1. The molecule has 1 atom stereocenters. The summed E-state index contributed by atoms with van der Waals surface area (Å²) in [7, 11) is 1.58. The van der Waals surface area contributed by atoms with Gasteiger partial charge in [0.15, 0.2) is 0 Å². The summed E-state index contributed by atoms with van der Waals surface area (Å²) in [6.45, 7) is 4.28. The normalized spacial score (nSPS) is 12.6. The summed E-state index contributed by atoms with van der Waals surface area (Å²) < 4.78 is 5.86. The SMILES string of the molecule is COc1nc(NC(CCCl)C(C)C)ncc1Br. The first-order valence-corrected chi connectivity index (χ1v) is 6.80. The van der Waals surface area contributed by atoms with Crippen molar-refractivity contribution in [1.29, 1.82) is 0 Å². The Hall–Kier alpha value is -0.550. The van der Waals surface area contributed by atoms with E-state index in [2.05, 4.69) is 45.1 Å². The highest BCUT2D eigenvalue weighted by atomic mass is 79.9. The van der Waals surface area contributed by atoms with Crippen molar-refractivity contribution in [3.8, 4) is 5.88 Å². The van der Waals surface area contributed by atoms with Crippen LogP contribution >= 0.6 is 27.5 Å². The number of anilines is 1. The van der Waals surface area contributed by atoms with Crippen LogP contribution in [0.25, 0.3) is 0 Å². The second-order valence-electron chi connectivity index (χ2n) is 4.02. The summed E-state index contributed by atoms with van der Waals surface area (Å²) in [6, 6.07) is 0.262. The predicted molar refractivity (Wildman–Crippen MR) is 73.9 cm³/mol. The summed E-state index contributed by atoms with van der Waals surface area (Å²) >= 11 is 9.09. The molecule has 0 saturated heterocycles.